The van der Waals surface area contributed by atoms with Gasteiger partial charge in [-0.1, -0.05) is 0 Å². The molecule has 0 bridgehead atoms. The third kappa shape index (κ3) is 5.96. The van der Waals surface area contributed by atoms with Crippen molar-refractivity contribution < 1.29 is 5.02 Å². The Hall–Kier alpha value is -0.455. The SMILES string of the molecule is C#CCCCCN(C)B(C)O. The van der Waals surface area contributed by atoms with Crippen molar-refractivity contribution in [3.63, 3.8) is 0 Å². The predicted molar refractivity (Wildman–Crippen MR) is 49.2 cm³/mol. The van der Waals surface area contributed by atoms with E-state index in [0.29, 0.717) is 0 Å². The van der Waals surface area contributed by atoms with Crippen LogP contribution in [0.5, 0.6) is 0 Å². The standard InChI is InChI=1S/C8H16BNO/c1-4-5-6-7-8-10(3)9(2)11/h1,11H,5-8H2,2-3H3. The fourth-order valence-electron chi connectivity index (χ4n) is 0.775. The van der Waals surface area contributed by atoms with Crippen molar-refractivity contribution in [3.8, 4) is 12.3 Å². The van der Waals surface area contributed by atoms with Crippen molar-refractivity contribution in [1.82, 2.24) is 4.81 Å². The van der Waals surface area contributed by atoms with Crippen LogP contribution in [0.15, 0.2) is 0 Å². The Morgan fingerprint density at radius 3 is 2.64 bits per heavy atom. The summed E-state index contributed by atoms with van der Waals surface area (Å²) in [6, 6.07) is 0. The van der Waals surface area contributed by atoms with Crippen LogP contribution in [0.2, 0.25) is 6.82 Å². The Labute approximate surface area is 69.7 Å². The molecule has 0 saturated carbocycles. The smallest absolute Gasteiger partial charge is 0.376 e. The van der Waals surface area contributed by atoms with E-state index in [1.807, 2.05) is 11.9 Å². The van der Waals surface area contributed by atoms with Crippen molar-refractivity contribution in [1.29, 1.82) is 0 Å². The first-order valence-corrected chi connectivity index (χ1v) is 4.00. The minimum Gasteiger partial charge on any atom is -0.437 e. The summed E-state index contributed by atoms with van der Waals surface area (Å²) in [7, 11) is 1.56. The highest BCUT2D eigenvalue weighted by Gasteiger charge is 2.08. The van der Waals surface area contributed by atoms with Crippen LogP contribution in [-0.4, -0.2) is 30.5 Å². The molecule has 0 rings (SSSR count). The number of rotatable bonds is 5. The highest BCUT2D eigenvalue weighted by atomic mass is 16.2. The maximum Gasteiger partial charge on any atom is 0.376 e. The zero-order chi connectivity index (χ0) is 8.69. The van der Waals surface area contributed by atoms with Gasteiger partial charge in [-0.3, -0.25) is 0 Å². The van der Waals surface area contributed by atoms with Crippen molar-refractivity contribution >= 4 is 7.05 Å². The van der Waals surface area contributed by atoms with E-state index in [1.165, 1.54) is 0 Å². The van der Waals surface area contributed by atoms with Crippen LogP contribution in [-0.2, 0) is 0 Å². The lowest BCUT2D eigenvalue weighted by Gasteiger charge is -2.15. The molecule has 0 aromatic carbocycles. The Balaban J connectivity index is 3.19. The van der Waals surface area contributed by atoms with Gasteiger partial charge in [0, 0.05) is 6.42 Å². The maximum absolute atomic E-state index is 9.06. The molecule has 11 heavy (non-hydrogen) atoms. The minimum atomic E-state index is -0.346. The molecule has 62 valence electrons. The van der Waals surface area contributed by atoms with E-state index in [0.717, 1.165) is 25.8 Å². The number of hydrogen-bond donors (Lipinski definition) is 1. The molecule has 1 N–H and O–H groups in total. The first-order chi connectivity index (χ1) is 5.18. The number of nitrogens with zero attached hydrogens (tertiary/aromatic N) is 1. The third-order valence-corrected chi connectivity index (χ3v) is 1.72. The van der Waals surface area contributed by atoms with E-state index in [1.54, 1.807) is 6.82 Å². The molecule has 0 spiro atoms. The van der Waals surface area contributed by atoms with E-state index < -0.39 is 0 Å². The molecule has 3 heteroatoms. The van der Waals surface area contributed by atoms with E-state index in [2.05, 4.69) is 5.92 Å². The van der Waals surface area contributed by atoms with E-state index >= 15 is 0 Å². The number of terminal acetylenes is 1. The molecule has 0 aliphatic carbocycles. The predicted octanol–water partition coefficient (Wildman–Crippen LogP) is 0.832. The minimum absolute atomic E-state index is 0.346. The molecule has 0 unspecified atom stereocenters. The normalized spacial score (nSPS) is 9.73. The van der Waals surface area contributed by atoms with Crippen molar-refractivity contribution in [3.05, 3.63) is 0 Å². The highest BCUT2D eigenvalue weighted by molar-refractivity contribution is 6.45. The topological polar surface area (TPSA) is 23.5 Å². The van der Waals surface area contributed by atoms with Gasteiger partial charge >= 0.3 is 7.05 Å². The summed E-state index contributed by atoms with van der Waals surface area (Å²) < 4.78 is 0. The monoisotopic (exact) mass is 153 g/mol. The summed E-state index contributed by atoms with van der Waals surface area (Å²) in [4.78, 5) is 1.90. The number of hydrogen-bond acceptors (Lipinski definition) is 2. The molecule has 2 nitrogen and oxygen atoms in total. The summed E-state index contributed by atoms with van der Waals surface area (Å²) in [6.45, 7) is 2.68. The van der Waals surface area contributed by atoms with Gasteiger partial charge in [0.2, 0.25) is 0 Å². The Kier molecular flexibility index (Phi) is 6.01. The van der Waals surface area contributed by atoms with Gasteiger partial charge in [-0.2, -0.15) is 0 Å². The zero-order valence-electron chi connectivity index (χ0n) is 7.38. The fourth-order valence-corrected chi connectivity index (χ4v) is 0.775. The van der Waals surface area contributed by atoms with Crippen molar-refractivity contribution in [2.75, 3.05) is 13.6 Å². The molecule has 0 atom stereocenters. The molecule has 0 saturated heterocycles. The average Bonchev–Trinajstić information content (AvgIpc) is 1.97. The number of unbranched alkanes of at least 4 members (excludes halogenated alkanes) is 2. The second-order valence-corrected chi connectivity index (χ2v) is 2.77. The second-order valence-electron chi connectivity index (χ2n) is 2.77. The van der Waals surface area contributed by atoms with Gasteiger partial charge in [0.05, 0.1) is 0 Å². The average molecular weight is 153 g/mol. The van der Waals surface area contributed by atoms with Gasteiger partial charge in [-0.15, -0.1) is 12.3 Å². The Morgan fingerprint density at radius 2 is 2.18 bits per heavy atom. The molecule has 0 aromatic rings. The molecule has 0 aliphatic heterocycles. The lowest BCUT2D eigenvalue weighted by molar-refractivity contribution is 0.409. The van der Waals surface area contributed by atoms with Crippen LogP contribution in [0.4, 0.5) is 0 Å². The molecule has 0 amide bonds. The highest BCUT2D eigenvalue weighted by Crippen LogP contribution is 1.96. The van der Waals surface area contributed by atoms with Crippen molar-refractivity contribution in [2.45, 2.75) is 26.1 Å². The quantitative estimate of drug-likeness (QED) is 0.359. The van der Waals surface area contributed by atoms with Gasteiger partial charge in [-0.05, 0) is 33.3 Å². The van der Waals surface area contributed by atoms with Gasteiger partial charge in [0.1, 0.15) is 0 Å². The lowest BCUT2D eigenvalue weighted by atomic mass is 9.86. The molecular formula is C8H16BNO. The fraction of sp³-hybridized carbons (Fsp3) is 0.750. The zero-order valence-corrected chi connectivity index (χ0v) is 7.38. The van der Waals surface area contributed by atoms with Crippen LogP contribution in [0.25, 0.3) is 0 Å². The molecular weight excluding hydrogens is 137 g/mol. The summed E-state index contributed by atoms with van der Waals surface area (Å²) in [5.74, 6) is 2.59. The largest absolute Gasteiger partial charge is 0.437 e. The van der Waals surface area contributed by atoms with Crippen molar-refractivity contribution in [2.24, 2.45) is 0 Å². The van der Waals surface area contributed by atoms with Crippen LogP contribution >= 0.6 is 0 Å². The Morgan fingerprint density at radius 1 is 1.55 bits per heavy atom. The van der Waals surface area contributed by atoms with E-state index in [9.17, 15) is 0 Å². The summed E-state index contributed by atoms with van der Waals surface area (Å²) >= 11 is 0. The van der Waals surface area contributed by atoms with Crippen LogP contribution in [0.1, 0.15) is 19.3 Å². The summed E-state index contributed by atoms with van der Waals surface area (Å²) in [6.07, 6.45) is 8.04. The van der Waals surface area contributed by atoms with Gasteiger partial charge in [-0.25, -0.2) is 0 Å². The van der Waals surface area contributed by atoms with Crippen LogP contribution in [0, 0.1) is 12.3 Å². The maximum atomic E-state index is 9.06. The van der Waals surface area contributed by atoms with Gasteiger partial charge in [0.15, 0.2) is 0 Å². The first-order valence-electron chi connectivity index (χ1n) is 4.00. The molecule has 0 heterocycles. The Bertz CT molecular complexity index is 131. The summed E-state index contributed by atoms with van der Waals surface area (Å²) in [5.41, 5.74) is 0. The van der Waals surface area contributed by atoms with Crippen LogP contribution in [0.3, 0.4) is 0 Å². The second kappa shape index (κ2) is 6.27. The molecule has 0 radical (unpaired) electrons. The third-order valence-electron chi connectivity index (χ3n) is 1.72. The van der Waals surface area contributed by atoms with Gasteiger partial charge in [0.25, 0.3) is 0 Å². The van der Waals surface area contributed by atoms with Gasteiger partial charge < -0.3 is 9.83 Å². The van der Waals surface area contributed by atoms with E-state index in [-0.39, 0.29) is 7.05 Å². The molecule has 0 aliphatic rings. The molecule has 0 aromatic heterocycles. The van der Waals surface area contributed by atoms with Crippen LogP contribution < -0.4 is 0 Å². The first kappa shape index (κ1) is 10.5. The molecule has 0 fully saturated rings. The van der Waals surface area contributed by atoms with E-state index in [4.69, 9.17) is 11.4 Å². The lowest BCUT2D eigenvalue weighted by Crippen LogP contribution is -2.33. The summed E-state index contributed by atoms with van der Waals surface area (Å²) in [5, 5.41) is 9.06.